The predicted molar refractivity (Wildman–Crippen MR) is 239 cm³/mol. The SMILES string of the molecule is CCc1ccc(Cc2cc([C@@H]3OC(COCc4ccccc4)[C@@H](OCc4ccccc4)[C@H](OCc4ccccc4)[C@H]3OCc3ccccc3)c(COCC(C)=O)cc2Cl)cc1. The summed E-state index contributed by atoms with van der Waals surface area (Å²) in [5.41, 5.74) is 9.09. The maximum atomic E-state index is 12.1. The minimum Gasteiger partial charge on any atom is -0.374 e. The highest BCUT2D eigenvalue weighted by Gasteiger charge is 2.49. The van der Waals surface area contributed by atoms with Crippen molar-refractivity contribution in [3.8, 4) is 0 Å². The van der Waals surface area contributed by atoms with Crippen molar-refractivity contribution >= 4 is 17.4 Å². The molecule has 0 aliphatic carbocycles. The smallest absolute Gasteiger partial charge is 0.155 e. The Balaban J connectivity index is 1.32. The average molecular weight is 839 g/mol. The topological polar surface area (TPSA) is 72.5 Å². The van der Waals surface area contributed by atoms with Gasteiger partial charge >= 0.3 is 0 Å². The van der Waals surface area contributed by atoms with E-state index in [4.69, 9.17) is 40.0 Å². The minimum absolute atomic E-state index is 0.0315. The van der Waals surface area contributed by atoms with Crippen molar-refractivity contribution < 1.29 is 33.2 Å². The highest BCUT2D eigenvalue weighted by Crippen LogP contribution is 2.41. The zero-order chi connectivity index (χ0) is 42.2. The number of carbonyl (C=O) groups is 1. The van der Waals surface area contributed by atoms with Crippen molar-refractivity contribution in [3.63, 3.8) is 0 Å². The van der Waals surface area contributed by atoms with Crippen LogP contribution in [0.25, 0.3) is 0 Å². The summed E-state index contributed by atoms with van der Waals surface area (Å²) in [4.78, 5) is 12.1. The molecule has 1 aliphatic rings. The van der Waals surface area contributed by atoms with Gasteiger partial charge in [-0.25, -0.2) is 0 Å². The van der Waals surface area contributed by atoms with Gasteiger partial charge in [-0.3, -0.25) is 4.79 Å². The van der Waals surface area contributed by atoms with Crippen molar-refractivity contribution in [2.45, 2.75) is 90.2 Å². The first-order valence-corrected chi connectivity index (χ1v) is 21.5. The van der Waals surface area contributed by atoms with Crippen molar-refractivity contribution in [2.75, 3.05) is 13.2 Å². The van der Waals surface area contributed by atoms with E-state index in [-0.39, 0.29) is 25.6 Å². The molecular formula is C53H55ClO7. The van der Waals surface area contributed by atoms with Crippen molar-refractivity contribution in [1.29, 1.82) is 0 Å². The molecule has 8 heteroatoms. The molecule has 0 radical (unpaired) electrons. The van der Waals surface area contributed by atoms with Crippen LogP contribution in [0.4, 0.5) is 0 Å². The Bertz CT molecular complexity index is 2220. The fourth-order valence-corrected chi connectivity index (χ4v) is 7.91. The molecule has 0 aromatic heterocycles. The van der Waals surface area contributed by atoms with Gasteiger partial charge in [-0.2, -0.15) is 0 Å². The molecule has 0 amide bonds. The Morgan fingerprint density at radius 2 is 1.03 bits per heavy atom. The molecule has 1 fully saturated rings. The summed E-state index contributed by atoms with van der Waals surface area (Å²) >= 11 is 7.13. The lowest BCUT2D eigenvalue weighted by molar-refractivity contribution is -0.275. The van der Waals surface area contributed by atoms with E-state index in [1.807, 2.05) is 103 Å². The molecule has 1 aliphatic heterocycles. The van der Waals surface area contributed by atoms with Gasteiger partial charge in [-0.1, -0.05) is 170 Å². The Hall–Kier alpha value is -4.96. The van der Waals surface area contributed by atoms with Crippen LogP contribution in [0.3, 0.4) is 0 Å². The van der Waals surface area contributed by atoms with E-state index >= 15 is 0 Å². The lowest BCUT2D eigenvalue weighted by Gasteiger charge is -2.47. The quantitative estimate of drug-likeness (QED) is 0.0715. The summed E-state index contributed by atoms with van der Waals surface area (Å²) in [7, 11) is 0. The minimum atomic E-state index is -0.680. The van der Waals surface area contributed by atoms with E-state index in [1.165, 1.54) is 12.5 Å². The van der Waals surface area contributed by atoms with E-state index < -0.39 is 30.5 Å². The van der Waals surface area contributed by atoms with Crippen LogP contribution in [-0.4, -0.2) is 43.4 Å². The number of ether oxygens (including phenoxy) is 6. The summed E-state index contributed by atoms with van der Waals surface area (Å²) in [5, 5.41) is 0.603. The Morgan fingerprint density at radius 1 is 0.541 bits per heavy atom. The van der Waals surface area contributed by atoms with Crippen LogP contribution in [0, 0.1) is 0 Å². The first kappa shape index (κ1) is 44.1. The number of benzene rings is 6. The van der Waals surface area contributed by atoms with Crippen LogP contribution in [0.5, 0.6) is 0 Å². The van der Waals surface area contributed by atoms with Crippen LogP contribution >= 0.6 is 11.6 Å². The number of hydrogen-bond acceptors (Lipinski definition) is 7. The van der Waals surface area contributed by atoms with Crippen molar-refractivity contribution in [2.24, 2.45) is 0 Å². The Morgan fingerprint density at radius 3 is 1.56 bits per heavy atom. The molecule has 0 spiro atoms. The number of hydrogen-bond donors (Lipinski definition) is 0. The third-order valence-electron chi connectivity index (χ3n) is 10.9. The lowest BCUT2D eigenvalue weighted by atomic mass is 9.87. The number of rotatable bonds is 21. The molecule has 0 saturated carbocycles. The van der Waals surface area contributed by atoms with Crippen LogP contribution in [0.15, 0.2) is 158 Å². The molecule has 0 bridgehead atoms. The summed E-state index contributed by atoms with van der Waals surface area (Å²) in [6, 6.07) is 53.2. The second-order valence-corrected chi connectivity index (χ2v) is 16.0. The molecule has 0 N–H and O–H groups in total. The molecule has 6 aromatic carbocycles. The molecule has 1 heterocycles. The van der Waals surface area contributed by atoms with Crippen LogP contribution in [0.1, 0.15) is 70.0 Å². The van der Waals surface area contributed by atoms with Crippen LogP contribution in [-0.2, 0) is 79.1 Å². The maximum Gasteiger partial charge on any atom is 0.155 e. The second kappa shape index (κ2) is 22.8. The van der Waals surface area contributed by atoms with Gasteiger partial charge in [0.15, 0.2) is 5.78 Å². The highest BCUT2D eigenvalue weighted by atomic mass is 35.5. The highest BCUT2D eigenvalue weighted by molar-refractivity contribution is 6.31. The van der Waals surface area contributed by atoms with Gasteiger partial charge in [-0.15, -0.1) is 0 Å². The van der Waals surface area contributed by atoms with Gasteiger partial charge in [0.1, 0.15) is 37.1 Å². The van der Waals surface area contributed by atoms with Gasteiger partial charge in [0, 0.05) is 5.02 Å². The Labute approximate surface area is 365 Å². The monoisotopic (exact) mass is 838 g/mol. The number of Topliss-reactive ketones (excluding diaryl/α,β-unsaturated/α-hetero) is 1. The molecule has 1 saturated heterocycles. The van der Waals surface area contributed by atoms with Gasteiger partial charge in [0.05, 0.1) is 39.6 Å². The van der Waals surface area contributed by atoms with E-state index in [2.05, 4.69) is 61.5 Å². The van der Waals surface area contributed by atoms with Crippen LogP contribution in [0.2, 0.25) is 5.02 Å². The molecule has 7 rings (SSSR count). The van der Waals surface area contributed by atoms with Crippen molar-refractivity contribution in [3.05, 3.63) is 213 Å². The molecule has 1 unspecified atom stereocenters. The number of halogens is 1. The molecule has 6 aromatic rings. The number of ketones is 1. The summed E-state index contributed by atoms with van der Waals surface area (Å²) < 4.78 is 40.8. The number of aryl methyl sites for hydroxylation is 1. The maximum absolute atomic E-state index is 12.1. The predicted octanol–water partition coefficient (Wildman–Crippen LogP) is 11.0. The standard InChI is InChI=1S/C53H55ClO7/c1-3-39-24-26-40(27-25-39)28-45-29-47(46(30-48(45)54)36-56-31-38(2)55)50-52(59-34-43-20-12-6-13-21-43)53(60-35-44-22-14-7-15-23-44)51(58-33-42-18-10-5-11-19-42)49(61-50)37-57-32-41-16-8-4-9-17-41/h4-27,29-30,49-53H,3,28,31-37H2,1-2H3/t49?,50-,51+,52-,53-/m0/s1. The van der Waals surface area contributed by atoms with Gasteiger partial charge in [0.25, 0.3) is 0 Å². The first-order chi connectivity index (χ1) is 29.9. The zero-order valence-electron chi connectivity index (χ0n) is 35.0. The molecule has 316 valence electrons. The normalized spacial score (nSPS) is 18.8. The second-order valence-electron chi connectivity index (χ2n) is 15.6. The molecule has 61 heavy (non-hydrogen) atoms. The molecule has 5 atom stereocenters. The zero-order valence-corrected chi connectivity index (χ0v) is 35.8. The Kier molecular flexibility index (Phi) is 16.5. The van der Waals surface area contributed by atoms with E-state index in [1.54, 1.807) is 0 Å². The summed E-state index contributed by atoms with van der Waals surface area (Å²) in [6.07, 6.45) is -1.58. The van der Waals surface area contributed by atoms with Gasteiger partial charge in [0.2, 0.25) is 0 Å². The summed E-state index contributed by atoms with van der Waals surface area (Å²) in [6.45, 7) is 5.35. The average Bonchev–Trinajstić information content (AvgIpc) is 3.29. The first-order valence-electron chi connectivity index (χ1n) is 21.1. The van der Waals surface area contributed by atoms with Crippen molar-refractivity contribution in [1.82, 2.24) is 0 Å². The molecule has 7 nitrogen and oxygen atoms in total. The third kappa shape index (κ3) is 12.8. The summed E-state index contributed by atoms with van der Waals surface area (Å²) in [5.74, 6) is -0.0683. The largest absolute Gasteiger partial charge is 0.374 e. The van der Waals surface area contributed by atoms with E-state index in [0.717, 1.165) is 50.9 Å². The third-order valence-corrected chi connectivity index (χ3v) is 11.2. The fourth-order valence-electron chi connectivity index (χ4n) is 7.66. The number of carbonyl (C=O) groups excluding carboxylic acids is 1. The lowest BCUT2D eigenvalue weighted by Crippen LogP contribution is -2.58. The van der Waals surface area contributed by atoms with E-state index in [0.29, 0.717) is 37.9 Å². The van der Waals surface area contributed by atoms with Crippen LogP contribution < -0.4 is 0 Å². The van der Waals surface area contributed by atoms with Gasteiger partial charge in [-0.05, 0) is 75.9 Å². The van der Waals surface area contributed by atoms with E-state index in [9.17, 15) is 4.79 Å². The fraction of sp³-hybridized carbons (Fsp3) is 0.302. The van der Waals surface area contributed by atoms with Gasteiger partial charge < -0.3 is 28.4 Å². The molecular weight excluding hydrogens is 784 g/mol.